The summed E-state index contributed by atoms with van der Waals surface area (Å²) in [6, 6.07) is 0.0354. The van der Waals surface area contributed by atoms with Crippen molar-refractivity contribution in [2.75, 3.05) is 54.4 Å². The molecule has 0 saturated carbocycles. The molecule has 0 spiro atoms. The van der Waals surface area contributed by atoms with Gasteiger partial charge in [-0.15, -0.1) is 35.3 Å². The number of aromatic nitrogens is 1. The van der Waals surface area contributed by atoms with E-state index in [9.17, 15) is 4.79 Å². The molecule has 0 radical (unpaired) electrons. The average Bonchev–Trinajstić information content (AvgIpc) is 3.38. The number of likely N-dealkylation sites (N-methyl/N-ethyl adjacent to an activating group) is 1. The van der Waals surface area contributed by atoms with Crippen molar-refractivity contribution in [3.8, 4) is 0 Å². The number of amides is 1. The molecule has 178 valence electrons. The number of hydrogen-bond acceptors (Lipinski definition) is 6. The largest absolute Gasteiger partial charge is 0.375 e. The van der Waals surface area contributed by atoms with Gasteiger partial charge in [0.2, 0.25) is 5.91 Å². The third kappa shape index (κ3) is 8.47. The zero-order valence-electron chi connectivity index (χ0n) is 19.8. The minimum absolute atomic E-state index is 0. The molecule has 8 nitrogen and oxygen atoms in total. The second kappa shape index (κ2) is 14.2. The first-order valence-corrected chi connectivity index (χ1v) is 11.7. The molecule has 1 N–H and O–H groups in total. The molecule has 1 aromatic rings. The molecule has 2 heterocycles. The van der Waals surface area contributed by atoms with Crippen LogP contribution in [0.4, 0.5) is 0 Å². The quantitative estimate of drug-likeness (QED) is 0.203. The maximum Gasteiger partial charge on any atom is 0.239 e. The van der Waals surface area contributed by atoms with Crippen LogP contribution in [0.2, 0.25) is 0 Å². The van der Waals surface area contributed by atoms with E-state index in [-0.39, 0.29) is 42.0 Å². The highest BCUT2D eigenvalue weighted by Gasteiger charge is 2.30. The van der Waals surface area contributed by atoms with Crippen LogP contribution in [-0.2, 0) is 16.1 Å². The van der Waals surface area contributed by atoms with Crippen molar-refractivity contribution in [3.05, 3.63) is 16.1 Å². The molecule has 1 aliphatic heterocycles. The summed E-state index contributed by atoms with van der Waals surface area (Å²) in [4.78, 5) is 27.9. The van der Waals surface area contributed by atoms with Crippen molar-refractivity contribution in [2.24, 2.45) is 4.99 Å². The second-order valence-electron chi connectivity index (χ2n) is 7.93. The number of thiazole rings is 1. The van der Waals surface area contributed by atoms with Crippen molar-refractivity contribution in [1.82, 2.24) is 25.0 Å². The van der Waals surface area contributed by atoms with Gasteiger partial charge in [0.1, 0.15) is 11.1 Å². The van der Waals surface area contributed by atoms with Crippen LogP contribution in [0.15, 0.2) is 10.4 Å². The molecule has 2 atom stereocenters. The summed E-state index contributed by atoms with van der Waals surface area (Å²) in [6.45, 7) is 8.24. The Morgan fingerprint density at radius 1 is 1.45 bits per heavy atom. The number of hydrogen-bond donors (Lipinski definition) is 1. The minimum atomic E-state index is 0. The normalized spacial score (nSPS) is 17.9. The van der Waals surface area contributed by atoms with Crippen LogP contribution in [0.5, 0.6) is 0 Å². The van der Waals surface area contributed by atoms with Crippen molar-refractivity contribution in [3.63, 3.8) is 0 Å². The zero-order valence-corrected chi connectivity index (χ0v) is 22.9. The summed E-state index contributed by atoms with van der Waals surface area (Å²) in [5, 5.41) is 6.45. The standard InChI is InChI=1S/C21H38N6O2S.HI/c1-7-22-21(26(5)14-17-15-30-19(24-17)16(2)29-6)23-11-9-13-27-12-8-10-18(27)20(28)25(3)4;/h15-16,18H,7-14H2,1-6H3,(H,22,23);1H. The summed E-state index contributed by atoms with van der Waals surface area (Å²) in [5.74, 6) is 1.10. The van der Waals surface area contributed by atoms with E-state index in [1.807, 2.05) is 28.1 Å². The molecule has 1 amide bonds. The number of carbonyl (C=O) groups is 1. The number of ether oxygens (including phenoxy) is 1. The van der Waals surface area contributed by atoms with Gasteiger partial charge in [-0.25, -0.2) is 4.98 Å². The van der Waals surface area contributed by atoms with Gasteiger partial charge in [0.25, 0.3) is 0 Å². The molecule has 1 saturated heterocycles. The predicted octanol–water partition coefficient (Wildman–Crippen LogP) is 2.81. The Morgan fingerprint density at radius 2 is 2.19 bits per heavy atom. The zero-order chi connectivity index (χ0) is 22.1. The van der Waals surface area contributed by atoms with Crippen LogP contribution in [0.3, 0.4) is 0 Å². The van der Waals surface area contributed by atoms with E-state index in [0.29, 0.717) is 6.54 Å². The van der Waals surface area contributed by atoms with Gasteiger partial charge in [-0.3, -0.25) is 14.7 Å². The third-order valence-electron chi connectivity index (χ3n) is 5.32. The predicted molar refractivity (Wildman–Crippen MR) is 138 cm³/mol. The number of rotatable bonds is 10. The maximum atomic E-state index is 12.3. The topological polar surface area (TPSA) is 73.3 Å². The van der Waals surface area contributed by atoms with E-state index in [4.69, 9.17) is 9.73 Å². The van der Waals surface area contributed by atoms with Gasteiger partial charge in [-0.1, -0.05) is 0 Å². The van der Waals surface area contributed by atoms with Gasteiger partial charge in [-0.05, 0) is 39.7 Å². The summed E-state index contributed by atoms with van der Waals surface area (Å²) < 4.78 is 5.35. The molecule has 2 unspecified atom stereocenters. The molecule has 0 aromatic carbocycles. The van der Waals surface area contributed by atoms with Crippen LogP contribution in [0, 0.1) is 0 Å². The highest BCUT2D eigenvalue weighted by molar-refractivity contribution is 14.0. The molecule has 1 aliphatic rings. The Bertz CT molecular complexity index is 699. The molecule has 31 heavy (non-hydrogen) atoms. The number of nitrogens with zero attached hydrogens (tertiary/aromatic N) is 5. The van der Waals surface area contributed by atoms with Gasteiger partial charge in [0, 0.05) is 53.3 Å². The van der Waals surface area contributed by atoms with Crippen LogP contribution >= 0.6 is 35.3 Å². The van der Waals surface area contributed by atoms with E-state index in [1.165, 1.54) is 0 Å². The highest BCUT2D eigenvalue weighted by atomic mass is 127. The molecule has 0 aliphatic carbocycles. The lowest BCUT2D eigenvalue weighted by Gasteiger charge is -2.26. The Morgan fingerprint density at radius 3 is 2.84 bits per heavy atom. The summed E-state index contributed by atoms with van der Waals surface area (Å²) in [6.07, 6.45) is 3.01. The monoisotopic (exact) mass is 566 g/mol. The average molecular weight is 567 g/mol. The van der Waals surface area contributed by atoms with Crippen molar-refractivity contribution in [1.29, 1.82) is 0 Å². The molecule has 2 rings (SSSR count). The number of guanidine groups is 1. The van der Waals surface area contributed by atoms with Gasteiger partial charge >= 0.3 is 0 Å². The summed E-state index contributed by atoms with van der Waals surface area (Å²) in [5.41, 5.74) is 1.02. The SMILES string of the molecule is CCNC(=NCCCN1CCCC1C(=O)N(C)C)N(C)Cc1csc(C(C)OC)n1.I. The maximum absolute atomic E-state index is 12.3. The van der Waals surface area contributed by atoms with E-state index in [2.05, 4.69) is 32.4 Å². The van der Waals surface area contributed by atoms with Crippen molar-refractivity contribution >= 4 is 47.2 Å². The van der Waals surface area contributed by atoms with Crippen LogP contribution < -0.4 is 5.32 Å². The Hall–Kier alpha value is -0.980. The van der Waals surface area contributed by atoms with E-state index in [1.54, 1.807) is 23.3 Å². The number of nitrogens with one attached hydrogen (secondary N) is 1. The fraction of sp³-hybridized carbons (Fsp3) is 0.762. The molecular formula is C21H39IN6O2S. The van der Waals surface area contributed by atoms with Gasteiger partial charge in [-0.2, -0.15) is 0 Å². The third-order valence-corrected chi connectivity index (χ3v) is 6.38. The molecule has 1 aromatic heterocycles. The fourth-order valence-electron chi connectivity index (χ4n) is 3.60. The number of likely N-dealkylation sites (tertiary alicyclic amines) is 1. The van der Waals surface area contributed by atoms with E-state index >= 15 is 0 Å². The second-order valence-corrected chi connectivity index (χ2v) is 8.82. The lowest BCUT2D eigenvalue weighted by atomic mass is 10.2. The number of halogens is 1. The first kappa shape index (κ1) is 28.1. The Kier molecular flexibility index (Phi) is 12.9. The Labute approximate surface area is 208 Å². The molecule has 10 heteroatoms. The lowest BCUT2D eigenvalue weighted by molar-refractivity contribution is -0.133. The van der Waals surface area contributed by atoms with E-state index < -0.39 is 0 Å². The number of methoxy groups -OCH3 is 1. The van der Waals surface area contributed by atoms with Crippen LogP contribution in [0.25, 0.3) is 0 Å². The molecular weight excluding hydrogens is 527 g/mol. The van der Waals surface area contributed by atoms with Crippen molar-refractivity contribution < 1.29 is 9.53 Å². The highest BCUT2D eigenvalue weighted by Crippen LogP contribution is 2.21. The Balaban J connectivity index is 0.00000480. The van der Waals surface area contributed by atoms with Crippen LogP contribution in [0.1, 0.15) is 49.9 Å². The molecule has 0 bridgehead atoms. The summed E-state index contributed by atoms with van der Waals surface area (Å²) >= 11 is 1.63. The first-order chi connectivity index (χ1) is 14.4. The smallest absolute Gasteiger partial charge is 0.239 e. The lowest BCUT2D eigenvalue weighted by Crippen LogP contribution is -2.43. The van der Waals surface area contributed by atoms with Gasteiger partial charge < -0.3 is 19.9 Å². The van der Waals surface area contributed by atoms with Crippen molar-refractivity contribution in [2.45, 2.75) is 51.8 Å². The minimum Gasteiger partial charge on any atom is -0.375 e. The first-order valence-electron chi connectivity index (χ1n) is 10.8. The van der Waals surface area contributed by atoms with Gasteiger partial charge in [0.05, 0.1) is 18.3 Å². The van der Waals surface area contributed by atoms with E-state index in [0.717, 1.165) is 62.1 Å². The fourth-order valence-corrected chi connectivity index (χ4v) is 4.44. The molecule has 1 fully saturated rings. The number of carbonyl (C=O) groups excluding carboxylic acids is 1. The van der Waals surface area contributed by atoms with Crippen LogP contribution in [-0.4, -0.2) is 92.0 Å². The van der Waals surface area contributed by atoms with Gasteiger partial charge in [0.15, 0.2) is 5.96 Å². The number of aliphatic imine (C=N–C) groups is 1. The summed E-state index contributed by atoms with van der Waals surface area (Å²) in [7, 11) is 7.41.